The van der Waals surface area contributed by atoms with Crippen LogP contribution in [0.4, 0.5) is 0 Å². The van der Waals surface area contributed by atoms with Gasteiger partial charge in [-0.1, -0.05) is 53.4 Å². The van der Waals surface area contributed by atoms with Crippen molar-refractivity contribution in [3.63, 3.8) is 0 Å². The summed E-state index contributed by atoms with van der Waals surface area (Å²) in [6, 6.07) is 0. The number of rotatable bonds is 13. The first-order valence-corrected chi connectivity index (χ1v) is 22.7. The molecule has 11 heteroatoms. The normalized spacial score (nSPS) is 21.8. The molecule has 1 fully saturated rings. The molecule has 1 unspecified atom stereocenters. The Kier molecular flexibility index (Phi) is 11.9. The van der Waals surface area contributed by atoms with Gasteiger partial charge in [-0.2, -0.15) is 0 Å². The molecule has 1 aromatic rings. The van der Waals surface area contributed by atoms with E-state index in [2.05, 4.69) is 27.7 Å². The summed E-state index contributed by atoms with van der Waals surface area (Å²) in [7, 11) is -8.05. The molecule has 39 heavy (non-hydrogen) atoms. The highest BCUT2D eigenvalue weighted by molar-refractivity contribution is 6.86. The van der Waals surface area contributed by atoms with E-state index in [4.69, 9.17) is 16.5 Å². The van der Waals surface area contributed by atoms with Crippen molar-refractivity contribution in [2.45, 2.75) is 131 Å². The van der Waals surface area contributed by atoms with Crippen LogP contribution in [-0.2, 0) is 42.1 Å². The molecule has 0 bridgehead atoms. The summed E-state index contributed by atoms with van der Waals surface area (Å²) in [4.78, 5) is 28.9. The average molecular weight is 607 g/mol. The summed E-state index contributed by atoms with van der Waals surface area (Å²) in [5, 5.41) is 0. The van der Waals surface area contributed by atoms with Crippen molar-refractivity contribution in [1.29, 1.82) is 0 Å². The van der Waals surface area contributed by atoms with E-state index in [1.54, 1.807) is 0 Å². The first-order valence-electron chi connectivity index (χ1n) is 15.0. The van der Waals surface area contributed by atoms with E-state index in [9.17, 15) is 9.59 Å². The van der Waals surface area contributed by atoms with Gasteiger partial charge in [0.2, 0.25) is 0 Å². The second-order valence-corrected chi connectivity index (χ2v) is 20.8. The maximum atomic E-state index is 14.5. The van der Waals surface area contributed by atoms with Crippen LogP contribution in [0.3, 0.4) is 0 Å². The third kappa shape index (κ3) is 7.29. The Hall–Kier alpha value is -0.932. The molecule has 0 aliphatic carbocycles. The molecule has 0 saturated carbocycles. The van der Waals surface area contributed by atoms with Gasteiger partial charge in [0, 0.05) is 0 Å². The van der Waals surface area contributed by atoms with Crippen molar-refractivity contribution >= 4 is 48.4 Å². The number of carbonyl (C=O) groups is 2. The molecule has 1 atom stereocenters. The van der Waals surface area contributed by atoms with Gasteiger partial charge < -0.3 is 16.5 Å². The number of benzene rings is 1. The highest BCUT2D eigenvalue weighted by Gasteiger charge is 2.57. The molecule has 3 rings (SSSR count). The molecule has 7 nitrogen and oxygen atoms in total. The monoisotopic (exact) mass is 606 g/mol. The van der Waals surface area contributed by atoms with Crippen LogP contribution >= 0.6 is 0 Å². The average Bonchev–Trinajstić information content (AvgIpc) is 3.13. The van der Waals surface area contributed by atoms with Crippen LogP contribution < -0.4 is 0 Å². The molecule has 1 saturated heterocycles. The molecule has 0 aromatic heterocycles. The number of carbonyl (C=O) groups excluding carboxylic acids is 2. The van der Waals surface area contributed by atoms with Crippen molar-refractivity contribution in [3.8, 4) is 0 Å². The largest absolute Gasteiger partial charge is 0.448 e. The number of imide groups is 1. The Morgan fingerprint density at radius 3 is 1.54 bits per heavy atom. The highest BCUT2D eigenvalue weighted by Crippen LogP contribution is 2.41. The lowest BCUT2D eigenvalue weighted by Crippen LogP contribution is -2.66. The van der Waals surface area contributed by atoms with Gasteiger partial charge in [-0.3, -0.25) is 14.2 Å². The molecule has 3 radical (unpaired) electrons. The van der Waals surface area contributed by atoms with E-state index in [1.807, 2.05) is 26.2 Å². The predicted octanol–water partition coefficient (Wildman–Crippen LogP) is 6.66. The number of hydrogen-bond donors (Lipinski definition) is 0. The van der Waals surface area contributed by atoms with E-state index in [-0.39, 0.29) is 21.8 Å². The van der Waals surface area contributed by atoms with Gasteiger partial charge in [-0.05, 0) is 99.8 Å². The van der Waals surface area contributed by atoms with E-state index in [1.165, 1.54) is 15.7 Å². The number of hydrogen-bond acceptors (Lipinski definition) is 6. The third-order valence-electron chi connectivity index (χ3n) is 7.55. The van der Waals surface area contributed by atoms with Crippen molar-refractivity contribution < 1.29 is 26.0 Å². The van der Waals surface area contributed by atoms with Crippen LogP contribution in [0.2, 0.25) is 26.2 Å². The zero-order valence-corrected chi connectivity index (χ0v) is 29.4. The van der Waals surface area contributed by atoms with Crippen LogP contribution in [-0.4, -0.2) is 53.0 Å². The smallest absolute Gasteiger partial charge is 0.415 e. The summed E-state index contributed by atoms with van der Waals surface area (Å²) >= 11 is 0. The maximum Gasteiger partial charge on any atom is 0.448 e. The second kappa shape index (κ2) is 14.3. The third-order valence-corrected chi connectivity index (χ3v) is 18.7. The summed E-state index contributed by atoms with van der Waals surface area (Å²) in [6.07, 6.45) is 11.9. The summed E-state index contributed by atoms with van der Waals surface area (Å²) in [5.41, 5.74) is 6.11. The van der Waals surface area contributed by atoms with Crippen LogP contribution in [0, 0.1) is 0 Å². The fourth-order valence-electron chi connectivity index (χ4n) is 5.81. The minimum absolute atomic E-state index is 0.245. The van der Waals surface area contributed by atoms with Crippen LogP contribution in [0.15, 0.2) is 0 Å². The SMILES string of the molecule is CCCCc1c(CCCC)c(CCCC)c2c(c1CCCC)C(=O)N([Si]1(C)O[Si]O[Si](C)O[Si](C)(C)O1)C2=O. The number of unbranched alkanes of at least 4 members (excludes halogenated alkanes) is 4. The molecule has 217 valence electrons. The Balaban J connectivity index is 2.26. The van der Waals surface area contributed by atoms with Crippen LogP contribution in [0.1, 0.15) is 122 Å². The molecular formula is C28H48NO6Si4. The lowest BCUT2D eigenvalue weighted by atomic mass is 9.80. The lowest BCUT2D eigenvalue weighted by molar-refractivity contribution is 0.0696. The van der Waals surface area contributed by atoms with Gasteiger partial charge in [-0.25, -0.2) is 0 Å². The standard InChI is InChI=1S/C28H48NO6Si4/c1-9-13-17-21-22(18-14-10-2)24(20-16-12-4)26-25(23(21)19-15-11-3)27(30)29(28(26)31)39(8)33-36-32-37(5)34-38(6,7)35-39/h9-20H2,1-8H3. The maximum absolute atomic E-state index is 14.5. The van der Waals surface area contributed by atoms with Crippen LogP contribution in [0.5, 0.6) is 0 Å². The number of amides is 2. The summed E-state index contributed by atoms with van der Waals surface area (Å²) < 4.78 is 26.2. The van der Waals surface area contributed by atoms with Crippen molar-refractivity contribution in [2.24, 2.45) is 0 Å². The fourth-order valence-corrected chi connectivity index (χ4v) is 17.2. The molecule has 2 aliphatic heterocycles. The second-order valence-electron chi connectivity index (χ2n) is 11.3. The highest BCUT2D eigenvalue weighted by atomic mass is 28.5. The minimum Gasteiger partial charge on any atom is -0.415 e. The van der Waals surface area contributed by atoms with Gasteiger partial charge in [0.15, 0.2) is 0 Å². The first kappa shape index (κ1) is 32.6. The molecule has 0 N–H and O–H groups in total. The van der Waals surface area contributed by atoms with Crippen molar-refractivity contribution in [3.05, 3.63) is 33.4 Å². The fraction of sp³-hybridized carbons (Fsp3) is 0.714. The topological polar surface area (TPSA) is 74.3 Å². The Morgan fingerprint density at radius 1 is 0.718 bits per heavy atom. The number of fused-ring (bicyclic) bond motifs is 1. The molecule has 1 aromatic carbocycles. The van der Waals surface area contributed by atoms with Gasteiger partial charge in [-0.15, -0.1) is 0 Å². The van der Waals surface area contributed by atoms with Gasteiger partial charge in [0.05, 0.1) is 11.1 Å². The van der Waals surface area contributed by atoms with Gasteiger partial charge in [0.1, 0.15) is 0 Å². The van der Waals surface area contributed by atoms with E-state index in [0.29, 0.717) is 11.1 Å². The zero-order valence-electron chi connectivity index (χ0n) is 25.4. The molecule has 2 heterocycles. The van der Waals surface area contributed by atoms with Crippen LogP contribution in [0.25, 0.3) is 0 Å². The van der Waals surface area contributed by atoms with E-state index in [0.717, 1.165) is 88.2 Å². The predicted molar refractivity (Wildman–Crippen MR) is 162 cm³/mol. The summed E-state index contributed by atoms with van der Waals surface area (Å²) in [6.45, 7) is 16.4. The Bertz CT molecular complexity index is 977. The molecule has 2 aliphatic rings. The molecule has 2 amide bonds. The minimum atomic E-state index is -3.49. The summed E-state index contributed by atoms with van der Waals surface area (Å²) in [5.74, 6) is -0.491. The number of nitrogens with zero attached hydrogens (tertiary/aromatic N) is 1. The van der Waals surface area contributed by atoms with Crippen molar-refractivity contribution in [2.75, 3.05) is 0 Å². The quantitative estimate of drug-likeness (QED) is 0.185. The molecular weight excluding hydrogens is 559 g/mol. The lowest BCUT2D eigenvalue weighted by Gasteiger charge is -2.41. The Morgan fingerprint density at radius 2 is 1.13 bits per heavy atom. The van der Waals surface area contributed by atoms with E-state index >= 15 is 0 Å². The van der Waals surface area contributed by atoms with Crippen molar-refractivity contribution in [1.82, 2.24) is 4.57 Å². The van der Waals surface area contributed by atoms with Gasteiger partial charge in [0.25, 0.3) is 11.8 Å². The zero-order chi connectivity index (χ0) is 28.8. The molecule has 0 spiro atoms. The Labute approximate surface area is 242 Å². The first-order chi connectivity index (χ1) is 18.5. The van der Waals surface area contributed by atoms with Gasteiger partial charge >= 0.3 is 36.6 Å². The van der Waals surface area contributed by atoms with E-state index < -0.39 is 26.6 Å².